The van der Waals surface area contributed by atoms with Crippen LogP contribution < -0.4 is 0 Å². The van der Waals surface area contributed by atoms with Crippen molar-refractivity contribution in [3.63, 3.8) is 0 Å². The SMILES string of the molecule is COC(=O)C(C)(C)SC(=O)C1CCCCC1. The Bertz CT molecular complexity index is 267. The summed E-state index contributed by atoms with van der Waals surface area (Å²) in [5, 5.41) is 0.148. The first-order chi connectivity index (χ1) is 7.47. The summed E-state index contributed by atoms with van der Waals surface area (Å²) in [6.07, 6.45) is 5.45. The average Bonchev–Trinajstić information content (AvgIpc) is 2.28. The van der Waals surface area contributed by atoms with E-state index in [0.717, 1.165) is 37.4 Å². The van der Waals surface area contributed by atoms with Crippen LogP contribution in [0.2, 0.25) is 0 Å². The Morgan fingerprint density at radius 3 is 2.25 bits per heavy atom. The molecule has 0 aromatic heterocycles. The molecular weight excluding hydrogens is 224 g/mol. The molecule has 0 saturated heterocycles. The van der Waals surface area contributed by atoms with E-state index in [4.69, 9.17) is 4.74 Å². The van der Waals surface area contributed by atoms with Crippen molar-refractivity contribution < 1.29 is 14.3 Å². The van der Waals surface area contributed by atoms with Gasteiger partial charge in [-0.3, -0.25) is 9.59 Å². The minimum Gasteiger partial charge on any atom is -0.468 e. The summed E-state index contributed by atoms with van der Waals surface area (Å²) in [5.74, 6) is -0.190. The minimum atomic E-state index is -0.761. The van der Waals surface area contributed by atoms with E-state index in [1.54, 1.807) is 13.8 Å². The second-order valence-corrected chi connectivity index (χ2v) is 6.39. The molecule has 1 saturated carbocycles. The standard InChI is InChI=1S/C12H20O3S/c1-12(2,11(14)15-3)16-10(13)9-7-5-4-6-8-9/h9H,4-8H2,1-3H3. The number of hydrogen-bond donors (Lipinski definition) is 0. The van der Waals surface area contributed by atoms with Crippen molar-refractivity contribution in [2.45, 2.75) is 50.7 Å². The second kappa shape index (κ2) is 5.71. The summed E-state index contributed by atoms with van der Waals surface area (Å²) in [4.78, 5) is 23.4. The lowest BCUT2D eigenvalue weighted by molar-refractivity contribution is -0.142. The number of thioether (sulfide) groups is 1. The Morgan fingerprint density at radius 1 is 1.19 bits per heavy atom. The van der Waals surface area contributed by atoms with Crippen LogP contribution in [-0.2, 0) is 14.3 Å². The van der Waals surface area contributed by atoms with Gasteiger partial charge in [-0.25, -0.2) is 0 Å². The highest BCUT2D eigenvalue weighted by Crippen LogP contribution is 2.34. The summed E-state index contributed by atoms with van der Waals surface area (Å²) in [5.41, 5.74) is 0. The van der Waals surface area contributed by atoms with Crippen molar-refractivity contribution in [3.8, 4) is 0 Å². The fourth-order valence-electron chi connectivity index (χ4n) is 1.96. The number of ether oxygens (including phenoxy) is 1. The molecule has 0 radical (unpaired) electrons. The molecule has 92 valence electrons. The van der Waals surface area contributed by atoms with Gasteiger partial charge in [0.15, 0.2) is 5.12 Å². The van der Waals surface area contributed by atoms with Crippen LogP contribution in [0.15, 0.2) is 0 Å². The van der Waals surface area contributed by atoms with E-state index in [9.17, 15) is 9.59 Å². The van der Waals surface area contributed by atoms with Gasteiger partial charge in [-0.15, -0.1) is 0 Å². The predicted octanol–water partition coefficient (Wildman–Crippen LogP) is 2.78. The molecule has 0 amide bonds. The van der Waals surface area contributed by atoms with Crippen LogP contribution in [0.4, 0.5) is 0 Å². The Labute approximate surface area is 101 Å². The number of rotatable bonds is 3. The highest BCUT2D eigenvalue weighted by molar-refractivity contribution is 8.15. The van der Waals surface area contributed by atoms with E-state index in [2.05, 4.69) is 0 Å². The number of carbonyl (C=O) groups excluding carboxylic acids is 2. The van der Waals surface area contributed by atoms with Gasteiger partial charge in [0, 0.05) is 5.92 Å². The Morgan fingerprint density at radius 2 is 1.75 bits per heavy atom. The first-order valence-corrected chi connectivity index (χ1v) is 6.60. The Kier molecular flexibility index (Phi) is 4.84. The highest BCUT2D eigenvalue weighted by atomic mass is 32.2. The van der Waals surface area contributed by atoms with E-state index in [-0.39, 0.29) is 17.0 Å². The number of methoxy groups -OCH3 is 1. The van der Waals surface area contributed by atoms with E-state index >= 15 is 0 Å². The lowest BCUT2D eigenvalue weighted by Crippen LogP contribution is -2.32. The van der Waals surface area contributed by atoms with Gasteiger partial charge >= 0.3 is 5.97 Å². The smallest absolute Gasteiger partial charge is 0.321 e. The molecule has 1 rings (SSSR count). The van der Waals surface area contributed by atoms with Gasteiger partial charge in [0.2, 0.25) is 0 Å². The molecule has 0 unspecified atom stereocenters. The van der Waals surface area contributed by atoms with Crippen LogP contribution in [0.1, 0.15) is 46.0 Å². The van der Waals surface area contributed by atoms with Crippen molar-refractivity contribution in [2.24, 2.45) is 5.92 Å². The molecule has 4 heteroatoms. The zero-order valence-corrected chi connectivity index (χ0v) is 11.1. The monoisotopic (exact) mass is 244 g/mol. The van der Waals surface area contributed by atoms with Crippen LogP contribution >= 0.6 is 11.8 Å². The summed E-state index contributed by atoms with van der Waals surface area (Å²) >= 11 is 1.13. The zero-order chi connectivity index (χ0) is 12.2. The fraction of sp³-hybridized carbons (Fsp3) is 0.833. The van der Waals surface area contributed by atoms with Gasteiger partial charge in [0.05, 0.1) is 7.11 Å². The molecule has 0 atom stereocenters. The first kappa shape index (κ1) is 13.6. The number of hydrogen-bond acceptors (Lipinski definition) is 4. The van der Waals surface area contributed by atoms with Gasteiger partial charge in [0.1, 0.15) is 4.75 Å². The van der Waals surface area contributed by atoms with Crippen LogP contribution in [0.25, 0.3) is 0 Å². The molecule has 0 N–H and O–H groups in total. The quantitative estimate of drug-likeness (QED) is 0.716. The van der Waals surface area contributed by atoms with Gasteiger partial charge in [-0.2, -0.15) is 0 Å². The van der Waals surface area contributed by atoms with Crippen LogP contribution in [0.3, 0.4) is 0 Å². The maximum absolute atomic E-state index is 12.0. The lowest BCUT2D eigenvalue weighted by atomic mass is 9.90. The minimum absolute atomic E-state index is 0.141. The van der Waals surface area contributed by atoms with Crippen LogP contribution in [-0.4, -0.2) is 22.9 Å². The molecule has 16 heavy (non-hydrogen) atoms. The fourth-order valence-corrected chi connectivity index (χ4v) is 3.03. The average molecular weight is 244 g/mol. The van der Waals surface area contributed by atoms with E-state index in [1.807, 2.05) is 0 Å². The topological polar surface area (TPSA) is 43.4 Å². The summed E-state index contributed by atoms with van der Waals surface area (Å²) in [7, 11) is 1.36. The molecule has 1 fully saturated rings. The van der Waals surface area contributed by atoms with Crippen molar-refractivity contribution in [3.05, 3.63) is 0 Å². The van der Waals surface area contributed by atoms with Crippen molar-refractivity contribution in [1.82, 2.24) is 0 Å². The summed E-state index contributed by atoms with van der Waals surface area (Å²) in [6, 6.07) is 0. The Balaban J connectivity index is 2.52. The van der Waals surface area contributed by atoms with E-state index < -0.39 is 4.75 Å². The maximum atomic E-state index is 12.0. The molecule has 0 aromatic carbocycles. The third-order valence-electron chi connectivity index (χ3n) is 2.97. The maximum Gasteiger partial charge on any atom is 0.321 e. The highest BCUT2D eigenvalue weighted by Gasteiger charge is 2.35. The number of esters is 1. The van der Waals surface area contributed by atoms with E-state index in [1.165, 1.54) is 13.5 Å². The molecule has 0 aliphatic heterocycles. The normalized spacial score (nSPS) is 18.2. The predicted molar refractivity (Wildman–Crippen MR) is 65.3 cm³/mol. The molecular formula is C12H20O3S. The lowest BCUT2D eigenvalue weighted by Gasteiger charge is -2.25. The molecule has 3 nitrogen and oxygen atoms in total. The second-order valence-electron chi connectivity index (χ2n) is 4.76. The van der Waals surface area contributed by atoms with Crippen molar-refractivity contribution >= 4 is 22.8 Å². The van der Waals surface area contributed by atoms with Crippen molar-refractivity contribution in [1.29, 1.82) is 0 Å². The Hall–Kier alpha value is -0.510. The van der Waals surface area contributed by atoms with E-state index in [0.29, 0.717) is 0 Å². The number of carbonyl (C=O) groups is 2. The van der Waals surface area contributed by atoms with Gasteiger partial charge in [-0.05, 0) is 26.7 Å². The third-order valence-corrected chi connectivity index (χ3v) is 4.18. The van der Waals surface area contributed by atoms with Gasteiger partial charge in [0.25, 0.3) is 0 Å². The van der Waals surface area contributed by atoms with Crippen molar-refractivity contribution in [2.75, 3.05) is 7.11 Å². The van der Waals surface area contributed by atoms with Crippen LogP contribution in [0, 0.1) is 5.92 Å². The van der Waals surface area contributed by atoms with Crippen LogP contribution in [0.5, 0.6) is 0 Å². The molecule has 0 bridgehead atoms. The molecule has 0 heterocycles. The summed E-state index contributed by atoms with van der Waals surface area (Å²) in [6.45, 7) is 3.48. The molecule has 0 spiro atoms. The molecule has 1 aliphatic rings. The largest absolute Gasteiger partial charge is 0.468 e. The first-order valence-electron chi connectivity index (χ1n) is 5.78. The zero-order valence-electron chi connectivity index (χ0n) is 10.2. The van der Waals surface area contributed by atoms with Gasteiger partial charge < -0.3 is 4.74 Å². The molecule has 1 aliphatic carbocycles. The third kappa shape index (κ3) is 3.51. The van der Waals surface area contributed by atoms with Gasteiger partial charge in [-0.1, -0.05) is 31.0 Å². The summed E-state index contributed by atoms with van der Waals surface area (Å²) < 4.78 is 3.93. The molecule has 0 aromatic rings.